The molecule has 1 heterocycles. The summed E-state index contributed by atoms with van der Waals surface area (Å²) in [5.41, 5.74) is 0.784. The van der Waals surface area contributed by atoms with Gasteiger partial charge in [-0.3, -0.25) is 4.79 Å². The molecule has 156 valence electrons. The van der Waals surface area contributed by atoms with E-state index in [2.05, 4.69) is 16.7 Å². The molecule has 0 bridgehead atoms. The van der Waals surface area contributed by atoms with Crippen molar-refractivity contribution in [2.45, 2.75) is 6.54 Å². The van der Waals surface area contributed by atoms with E-state index in [-0.39, 0.29) is 19.1 Å². The average Bonchev–Trinajstić information content (AvgIpc) is 3.26. The maximum Gasteiger partial charge on any atom is 0.261 e. The van der Waals surface area contributed by atoms with E-state index in [1.807, 2.05) is 36.4 Å². The predicted molar refractivity (Wildman–Crippen MR) is 110 cm³/mol. The number of rotatable bonds is 10. The summed E-state index contributed by atoms with van der Waals surface area (Å²) in [6.07, 6.45) is 1.63. The summed E-state index contributed by atoms with van der Waals surface area (Å²) in [5.74, 6) is 2.29. The van der Waals surface area contributed by atoms with Gasteiger partial charge < -0.3 is 23.6 Å². The first-order valence-corrected chi connectivity index (χ1v) is 9.26. The van der Waals surface area contributed by atoms with Crippen LogP contribution in [0.4, 0.5) is 0 Å². The number of carbonyl (C=O) groups is 1. The molecule has 8 nitrogen and oxygen atoms in total. The number of carbonyl (C=O) groups excluding carboxylic acids is 1. The zero-order valence-electron chi connectivity index (χ0n) is 16.9. The van der Waals surface area contributed by atoms with Crippen molar-refractivity contribution in [3.8, 4) is 28.6 Å². The highest BCUT2D eigenvalue weighted by atomic mass is 16.5. The van der Waals surface area contributed by atoms with Gasteiger partial charge in [0.1, 0.15) is 12.3 Å². The third kappa shape index (κ3) is 5.16. The van der Waals surface area contributed by atoms with Crippen molar-refractivity contribution in [3.63, 3.8) is 0 Å². The molecule has 8 heteroatoms. The van der Waals surface area contributed by atoms with Gasteiger partial charge in [0.05, 0.1) is 14.2 Å². The molecule has 0 atom stereocenters. The molecule has 0 saturated heterocycles. The molecule has 0 fully saturated rings. The second kappa shape index (κ2) is 10.1. The summed E-state index contributed by atoms with van der Waals surface area (Å²) >= 11 is 0. The number of ether oxygens (including phenoxy) is 3. The SMILES string of the molecule is C=CCN(Cc1nc(-c2ccc(OC)cc2)no1)C(=O)COc1ccccc1OC. The smallest absolute Gasteiger partial charge is 0.261 e. The minimum Gasteiger partial charge on any atom is -0.497 e. The average molecular weight is 409 g/mol. The molecule has 0 aliphatic heterocycles. The van der Waals surface area contributed by atoms with Crippen molar-refractivity contribution in [1.82, 2.24) is 15.0 Å². The fourth-order valence-electron chi connectivity index (χ4n) is 2.72. The molecule has 2 aromatic carbocycles. The summed E-state index contributed by atoms with van der Waals surface area (Å²) in [6.45, 7) is 4.00. The molecule has 0 unspecified atom stereocenters. The van der Waals surface area contributed by atoms with Gasteiger partial charge >= 0.3 is 0 Å². The Morgan fingerprint density at radius 2 is 1.83 bits per heavy atom. The topological polar surface area (TPSA) is 86.9 Å². The van der Waals surface area contributed by atoms with Crippen LogP contribution in [0, 0.1) is 0 Å². The fourth-order valence-corrected chi connectivity index (χ4v) is 2.72. The van der Waals surface area contributed by atoms with Crippen LogP contribution in [-0.2, 0) is 11.3 Å². The zero-order valence-corrected chi connectivity index (χ0v) is 16.9. The molecular formula is C22H23N3O5. The van der Waals surface area contributed by atoms with Crippen LogP contribution < -0.4 is 14.2 Å². The quantitative estimate of drug-likeness (QED) is 0.475. The van der Waals surface area contributed by atoms with E-state index in [0.29, 0.717) is 29.8 Å². The van der Waals surface area contributed by atoms with Gasteiger partial charge in [0.15, 0.2) is 18.1 Å². The van der Waals surface area contributed by atoms with E-state index >= 15 is 0 Å². The molecule has 0 N–H and O–H groups in total. The summed E-state index contributed by atoms with van der Waals surface area (Å²) in [6, 6.07) is 14.4. The first-order valence-electron chi connectivity index (χ1n) is 9.26. The van der Waals surface area contributed by atoms with Crippen LogP contribution in [0.25, 0.3) is 11.4 Å². The predicted octanol–water partition coefficient (Wildman–Crippen LogP) is 3.35. The van der Waals surface area contributed by atoms with E-state index in [1.54, 1.807) is 32.4 Å². The minimum atomic E-state index is -0.245. The number of aromatic nitrogens is 2. The molecule has 0 spiro atoms. The molecule has 0 aliphatic carbocycles. The maximum absolute atomic E-state index is 12.7. The van der Waals surface area contributed by atoms with Crippen LogP contribution in [-0.4, -0.2) is 48.3 Å². The van der Waals surface area contributed by atoms with Gasteiger partial charge in [-0.25, -0.2) is 0 Å². The molecule has 3 rings (SSSR count). The Labute approximate surface area is 174 Å². The lowest BCUT2D eigenvalue weighted by molar-refractivity contribution is -0.133. The Kier molecular flexibility index (Phi) is 7.05. The Bertz CT molecular complexity index is 984. The second-order valence-corrected chi connectivity index (χ2v) is 6.24. The fraction of sp³-hybridized carbons (Fsp3) is 0.227. The van der Waals surface area contributed by atoms with Crippen LogP contribution in [0.15, 0.2) is 65.7 Å². The Morgan fingerprint density at radius 3 is 2.50 bits per heavy atom. The third-order valence-electron chi connectivity index (χ3n) is 4.26. The lowest BCUT2D eigenvalue weighted by Crippen LogP contribution is -2.34. The molecule has 30 heavy (non-hydrogen) atoms. The number of hydrogen-bond acceptors (Lipinski definition) is 7. The number of benzene rings is 2. The van der Waals surface area contributed by atoms with Crippen LogP contribution in [0.3, 0.4) is 0 Å². The number of methoxy groups -OCH3 is 2. The molecule has 0 radical (unpaired) electrons. The molecule has 1 amide bonds. The minimum absolute atomic E-state index is 0.142. The van der Waals surface area contributed by atoms with E-state index in [1.165, 1.54) is 4.90 Å². The molecular weight excluding hydrogens is 386 g/mol. The third-order valence-corrected chi connectivity index (χ3v) is 4.26. The molecule has 0 saturated carbocycles. The van der Waals surface area contributed by atoms with E-state index < -0.39 is 0 Å². The van der Waals surface area contributed by atoms with Crippen molar-refractivity contribution >= 4 is 5.91 Å². The maximum atomic E-state index is 12.7. The number of hydrogen-bond donors (Lipinski definition) is 0. The largest absolute Gasteiger partial charge is 0.497 e. The zero-order chi connectivity index (χ0) is 21.3. The first kappa shape index (κ1) is 20.9. The monoisotopic (exact) mass is 409 g/mol. The highest BCUT2D eigenvalue weighted by Crippen LogP contribution is 2.26. The van der Waals surface area contributed by atoms with Crippen molar-refractivity contribution in [3.05, 3.63) is 67.1 Å². The van der Waals surface area contributed by atoms with Gasteiger partial charge in [0.2, 0.25) is 11.7 Å². The van der Waals surface area contributed by atoms with Crippen molar-refractivity contribution < 1.29 is 23.5 Å². The highest BCUT2D eigenvalue weighted by Gasteiger charge is 2.18. The molecule has 3 aromatic rings. The lowest BCUT2D eigenvalue weighted by Gasteiger charge is -2.19. The van der Waals surface area contributed by atoms with Crippen LogP contribution >= 0.6 is 0 Å². The molecule has 0 aliphatic rings. The summed E-state index contributed by atoms with van der Waals surface area (Å²) < 4.78 is 21.3. The van der Waals surface area contributed by atoms with Gasteiger partial charge in [0, 0.05) is 12.1 Å². The summed E-state index contributed by atoms with van der Waals surface area (Å²) in [7, 11) is 3.15. The highest BCUT2D eigenvalue weighted by molar-refractivity contribution is 5.78. The van der Waals surface area contributed by atoms with E-state index in [9.17, 15) is 4.79 Å². The summed E-state index contributed by atoms with van der Waals surface area (Å²) in [4.78, 5) is 18.6. The number of para-hydroxylation sites is 2. The Morgan fingerprint density at radius 1 is 1.10 bits per heavy atom. The van der Waals surface area contributed by atoms with Crippen LogP contribution in [0.2, 0.25) is 0 Å². The Balaban J connectivity index is 1.65. The van der Waals surface area contributed by atoms with Gasteiger partial charge in [-0.2, -0.15) is 4.98 Å². The van der Waals surface area contributed by atoms with Crippen LogP contribution in [0.1, 0.15) is 5.89 Å². The number of nitrogens with zero attached hydrogens (tertiary/aromatic N) is 3. The first-order chi connectivity index (χ1) is 14.6. The van der Waals surface area contributed by atoms with Crippen LogP contribution in [0.5, 0.6) is 17.2 Å². The van der Waals surface area contributed by atoms with E-state index in [0.717, 1.165) is 11.3 Å². The lowest BCUT2D eigenvalue weighted by atomic mass is 10.2. The van der Waals surface area contributed by atoms with Crippen molar-refractivity contribution in [1.29, 1.82) is 0 Å². The normalized spacial score (nSPS) is 10.3. The Hall–Kier alpha value is -3.81. The van der Waals surface area contributed by atoms with E-state index in [4.69, 9.17) is 18.7 Å². The van der Waals surface area contributed by atoms with Gasteiger partial charge in [-0.1, -0.05) is 23.4 Å². The van der Waals surface area contributed by atoms with Gasteiger partial charge in [-0.15, -0.1) is 6.58 Å². The standard InChI is InChI=1S/C22H23N3O5/c1-4-13-25(21(26)15-29-19-8-6-5-7-18(19)28-3)14-20-23-22(24-30-20)16-9-11-17(27-2)12-10-16/h4-12H,1,13-15H2,2-3H3. The second-order valence-electron chi connectivity index (χ2n) is 6.24. The van der Waals surface area contributed by atoms with Gasteiger partial charge in [-0.05, 0) is 36.4 Å². The number of amides is 1. The van der Waals surface area contributed by atoms with Crippen molar-refractivity contribution in [2.24, 2.45) is 0 Å². The summed E-state index contributed by atoms with van der Waals surface area (Å²) in [5, 5.41) is 3.99. The van der Waals surface area contributed by atoms with Crippen molar-refractivity contribution in [2.75, 3.05) is 27.4 Å². The van der Waals surface area contributed by atoms with Gasteiger partial charge in [0.25, 0.3) is 5.91 Å². The molecule has 1 aromatic heterocycles.